The van der Waals surface area contributed by atoms with Crippen molar-refractivity contribution in [1.29, 1.82) is 0 Å². The van der Waals surface area contributed by atoms with Crippen LogP contribution in [0.1, 0.15) is 41.2 Å². The molecule has 1 aliphatic heterocycles. The monoisotopic (exact) mass is 466 g/mol. The smallest absolute Gasteiger partial charge is 0.254 e. The van der Waals surface area contributed by atoms with Gasteiger partial charge in [-0.05, 0) is 48.7 Å². The van der Waals surface area contributed by atoms with Gasteiger partial charge in [0.05, 0.1) is 12.4 Å². The Morgan fingerprint density at radius 2 is 2.00 bits per heavy atom. The average Bonchev–Trinajstić information content (AvgIpc) is 3.45. The number of amides is 2. The predicted octanol–water partition coefficient (Wildman–Crippen LogP) is 4.65. The molecule has 0 radical (unpaired) electrons. The van der Waals surface area contributed by atoms with Gasteiger partial charge in [0, 0.05) is 47.6 Å². The number of hydrogen-bond acceptors (Lipinski definition) is 3. The van der Waals surface area contributed by atoms with Gasteiger partial charge in [-0.2, -0.15) is 0 Å². The van der Waals surface area contributed by atoms with E-state index >= 15 is 0 Å². The molecule has 2 aromatic carbocycles. The summed E-state index contributed by atoms with van der Waals surface area (Å²) < 4.78 is 2.88. The van der Waals surface area contributed by atoms with Crippen LogP contribution in [0.2, 0.25) is 0 Å². The molecule has 1 aliphatic rings. The first-order valence-corrected chi connectivity index (χ1v) is 10.8. The average molecular weight is 467 g/mol. The number of anilines is 1. The summed E-state index contributed by atoms with van der Waals surface area (Å²) in [5, 5.41) is 2.89. The number of halogens is 1. The summed E-state index contributed by atoms with van der Waals surface area (Å²) in [6, 6.07) is 15.4. The molecule has 1 unspecified atom stereocenters. The molecule has 0 spiro atoms. The van der Waals surface area contributed by atoms with Gasteiger partial charge in [-0.1, -0.05) is 34.1 Å². The van der Waals surface area contributed by atoms with Gasteiger partial charge in [0.15, 0.2) is 0 Å². The Bertz CT molecular complexity index is 1020. The third-order valence-corrected chi connectivity index (χ3v) is 5.85. The molecule has 0 aliphatic carbocycles. The van der Waals surface area contributed by atoms with E-state index in [0.717, 1.165) is 29.4 Å². The zero-order valence-electron chi connectivity index (χ0n) is 16.5. The lowest BCUT2D eigenvalue weighted by molar-refractivity contribution is -0.116. The highest BCUT2D eigenvalue weighted by Crippen LogP contribution is 2.34. The number of nitrogens with zero attached hydrogens (tertiary/aromatic N) is 3. The second kappa shape index (κ2) is 9.26. The van der Waals surface area contributed by atoms with Crippen molar-refractivity contribution in [1.82, 2.24) is 14.5 Å². The highest BCUT2D eigenvalue weighted by Gasteiger charge is 2.30. The quantitative estimate of drug-likeness (QED) is 0.574. The number of benzene rings is 2. The van der Waals surface area contributed by atoms with E-state index in [1.807, 2.05) is 39.9 Å². The van der Waals surface area contributed by atoms with Crippen LogP contribution in [-0.2, 0) is 11.3 Å². The molecule has 0 bridgehead atoms. The number of aromatic nitrogens is 2. The van der Waals surface area contributed by atoms with Crippen molar-refractivity contribution < 1.29 is 9.59 Å². The van der Waals surface area contributed by atoms with Gasteiger partial charge in [0.25, 0.3) is 5.91 Å². The maximum atomic E-state index is 13.2. The summed E-state index contributed by atoms with van der Waals surface area (Å²) in [5.41, 5.74) is 2.37. The van der Waals surface area contributed by atoms with Crippen molar-refractivity contribution in [3.8, 4) is 0 Å². The minimum Gasteiger partial charge on any atom is -0.337 e. The summed E-state index contributed by atoms with van der Waals surface area (Å²) in [4.78, 5) is 31.4. The lowest BCUT2D eigenvalue weighted by atomic mass is 10.0. The Hall–Kier alpha value is -2.93. The minimum absolute atomic E-state index is 0.00469. The molecule has 3 aromatic rings. The van der Waals surface area contributed by atoms with E-state index in [-0.39, 0.29) is 17.9 Å². The standard InChI is InChI=1S/C23H23BrN4O2/c24-19-8-6-17(7-9-19)21-5-2-12-28(21)23(30)18-3-1-4-20(15-18)26-22(29)10-13-27-14-11-25-16-27/h1,3-4,6-9,11,14-16,21H,2,5,10,12-13H2,(H,26,29). The lowest BCUT2D eigenvalue weighted by Gasteiger charge is -2.25. The summed E-state index contributed by atoms with van der Waals surface area (Å²) in [5.74, 6) is -0.0999. The number of carbonyl (C=O) groups is 2. The van der Waals surface area contributed by atoms with Crippen LogP contribution in [-0.4, -0.2) is 32.8 Å². The molecule has 154 valence electrons. The van der Waals surface area contributed by atoms with Crippen molar-refractivity contribution in [2.75, 3.05) is 11.9 Å². The topological polar surface area (TPSA) is 67.2 Å². The maximum Gasteiger partial charge on any atom is 0.254 e. The summed E-state index contributed by atoms with van der Waals surface area (Å²) in [6.07, 6.45) is 7.48. The fourth-order valence-corrected chi connectivity index (χ4v) is 4.07. The number of imidazole rings is 1. The van der Waals surface area contributed by atoms with Crippen LogP contribution in [0, 0.1) is 0 Å². The Labute approximate surface area is 184 Å². The Morgan fingerprint density at radius 1 is 1.17 bits per heavy atom. The van der Waals surface area contributed by atoms with Crippen LogP contribution < -0.4 is 5.32 Å². The van der Waals surface area contributed by atoms with E-state index in [4.69, 9.17) is 0 Å². The number of carbonyl (C=O) groups excluding carboxylic acids is 2. The number of nitrogens with one attached hydrogen (secondary N) is 1. The first-order valence-electron chi connectivity index (χ1n) is 10.0. The first-order chi connectivity index (χ1) is 14.6. The SMILES string of the molecule is O=C(CCn1ccnc1)Nc1cccc(C(=O)N2CCCC2c2ccc(Br)cc2)c1. The highest BCUT2D eigenvalue weighted by molar-refractivity contribution is 9.10. The maximum absolute atomic E-state index is 13.2. The van der Waals surface area contributed by atoms with Crippen molar-refractivity contribution in [3.63, 3.8) is 0 Å². The summed E-state index contributed by atoms with van der Waals surface area (Å²) in [6.45, 7) is 1.30. The molecule has 7 heteroatoms. The minimum atomic E-state index is -0.0952. The molecule has 1 fully saturated rings. The molecule has 4 rings (SSSR count). The Kier molecular flexibility index (Phi) is 6.28. The zero-order chi connectivity index (χ0) is 20.9. The van der Waals surface area contributed by atoms with E-state index in [9.17, 15) is 9.59 Å². The molecular formula is C23H23BrN4O2. The van der Waals surface area contributed by atoms with Gasteiger partial charge in [-0.15, -0.1) is 0 Å². The molecule has 1 saturated heterocycles. The van der Waals surface area contributed by atoms with Crippen molar-refractivity contribution in [3.05, 3.63) is 82.9 Å². The number of aryl methyl sites for hydroxylation is 1. The van der Waals surface area contributed by atoms with Gasteiger partial charge < -0.3 is 14.8 Å². The van der Waals surface area contributed by atoms with Gasteiger partial charge in [0.2, 0.25) is 5.91 Å². The number of hydrogen-bond donors (Lipinski definition) is 1. The molecule has 30 heavy (non-hydrogen) atoms. The van der Waals surface area contributed by atoms with Crippen molar-refractivity contribution >= 4 is 33.4 Å². The molecule has 1 N–H and O–H groups in total. The summed E-state index contributed by atoms with van der Waals surface area (Å²) in [7, 11) is 0. The normalized spacial score (nSPS) is 15.9. The largest absolute Gasteiger partial charge is 0.337 e. The molecule has 6 nitrogen and oxygen atoms in total. The fourth-order valence-electron chi connectivity index (χ4n) is 3.81. The zero-order valence-corrected chi connectivity index (χ0v) is 18.1. The van der Waals surface area contributed by atoms with Gasteiger partial charge in [-0.3, -0.25) is 9.59 Å². The first kappa shape index (κ1) is 20.3. The van der Waals surface area contributed by atoms with Crippen molar-refractivity contribution in [2.45, 2.75) is 31.8 Å². The van der Waals surface area contributed by atoms with Crippen LogP contribution in [0.25, 0.3) is 0 Å². The molecule has 1 atom stereocenters. The predicted molar refractivity (Wildman–Crippen MR) is 119 cm³/mol. The molecule has 2 amide bonds. The van der Waals surface area contributed by atoms with E-state index < -0.39 is 0 Å². The number of likely N-dealkylation sites (tertiary alicyclic amines) is 1. The van der Waals surface area contributed by atoms with Crippen LogP contribution in [0.15, 0.2) is 71.7 Å². The van der Waals surface area contributed by atoms with E-state index in [0.29, 0.717) is 24.2 Å². The van der Waals surface area contributed by atoms with Crippen LogP contribution in [0.3, 0.4) is 0 Å². The third kappa shape index (κ3) is 4.79. The Morgan fingerprint density at radius 3 is 2.77 bits per heavy atom. The van der Waals surface area contributed by atoms with Crippen LogP contribution in [0.5, 0.6) is 0 Å². The molecule has 0 saturated carbocycles. The third-order valence-electron chi connectivity index (χ3n) is 5.32. The Balaban J connectivity index is 1.42. The van der Waals surface area contributed by atoms with Crippen LogP contribution in [0.4, 0.5) is 5.69 Å². The molecular weight excluding hydrogens is 444 g/mol. The van der Waals surface area contributed by atoms with Crippen molar-refractivity contribution in [2.24, 2.45) is 0 Å². The lowest BCUT2D eigenvalue weighted by Crippen LogP contribution is -2.30. The van der Waals surface area contributed by atoms with Gasteiger partial charge in [-0.25, -0.2) is 4.98 Å². The molecule has 1 aromatic heterocycles. The van der Waals surface area contributed by atoms with Gasteiger partial charge in [0.1, 0.15) is 0 Å². The highest BCUT2D eigenvalue weighted by atomic mass is 79.9. The number of rotatable bonds is 6. The summed E-state index contributed by atoms with van der Waals surface area (Å²) >= 11 is 3.47. The second-order valence-electron chi connectivity index (χ2n) is 7.39. The molecule has 2 heterocycles. The fraction of sp³-hybridized carbons (Fsp3) is 0.261. The van der Waals surface area contributed by atoms with Crippen LogP contribution >= 0.6 is 15.9 Å². The van der Waals surface area contributed by atoms with E-state index in [1.54, 1.807) is 24.7 Å². The van der Waals surface area contributed by atoms with E-state index in [2.05, 4.69) is 38.4 Å². The van der Waals surface area contributed by atoms with Gasteiger partial charge >= 0.3 is 0 Å². The van der Waals surface area contributed by atoms with E-state index in [1.165, 1.54) is 0 Å². The second-order valence-corrected chi connectivity index (χ2v) is 8.30.